The van der Waals surface area contributed by atoms with Gasteiger partial charge in [0.15, 0.2) is 0 Å². The molecule has 1 fully saturated rings. The predicted molar refractivity (Wildman–Crippen MR) is 96.1 cm³/mol. The van der Waals surface area contributed by atoms with Crippen molar-refractivity contribution < 1.29 is 9.47 Å². The zero-order chi connectivity index (χ0) is 16.7. The molecule has 1 saturated carbocycles. The lowest BCUT2D eigenvalue weighted by molar-refractivity contribution is -0.0417. The lowest BCUT2D eigenvalue weighted by atomic mass is 9.55. The fraction of sp³-hybridized carbons (Fsp3) is 0.545. The molecule has 24 heavy (non-hydrogen) atoms. The van der Waals surface area contributed by atoms with E-state index in [1.54, 1.807) is 12.7 Å². The van der Waals surface area contributed by atoms with Crippen LogP contribution in [0.5, 0.6) is 5.75 Å². The van der Waals surface area contributed by atoms with Gasteiger partial charge in [-0.15, -0.1) is 6.42 Å². The summed E-state index contributed by atoms with van der Waals surface area (Å²) in [4.78, 5) is 0. The summed E-state index contributed by atoms with van der Waals surface area (Å²) < 4.78 is 11.4. The van der Waals surface area contributed by atoms with Crippen LogP contribution < -0.4 is 4.74 Å². The van der Waals surface area contributed by atoms with E-state index in [4.69, 9.17) is 15.9 Å². The minimum Gasteiger partial charge on any atom is -0.497 e. The summed E-state index contributed by atoms with van der Waals surface area (Å²) in [6.07, 6.45) is 15.1. The Hall–Kier alpha value is -1.72. The van der Waals surface area contributed by atoms with Crippen LogP contribution in [-0.2, 0) is 11.2 Å². The topological polar surface area (TPSA) is 18.5 Å². The second kappa shape index (κ2) is 5.97. The van der Waals surface area contributed by atoms with Crippen LogP contribution in [0.2, 0.25) is 0 Å². The van der Waals surface area contributed by atoms with Crippen molar-refractivity contribution in [3.8, 4) is 18.1 Å². The summed E-state index contributed by atoms with van der Waals surface area (Å²) in [7, 11) is 1.75. The summed E-state index contributed by atoms with van der Waals surface area (Å²) in [5, 5.41) is 0. The Kier molecular flexibility index (Phi) is 3.93. The van der Waals surface area contributed by atoms with Crippen LogP contribution in [0.25, 0.3) is 0 Å². The molecule has 4 rings (SSSR count). The standard InChI is InChI=1S/C22H26O2/c1-4-13-24-21-10-9-20-19-7-5-15-14-16(23-3)6-8-17(15)18(19)11-12-22(20,21)2/h1,6,8-10,14,18-21H,5,7,11-13H2,2-3H3/t18-,19-,20+,21+,22+/m1/s1. The normalized spacial score (nSPS) is 36.4. The van der Waals surface area contributed by atoms with Gasteiger partial charge in [-0.05, 0) is 66.7 Å². The Labute approximate surface area is 145 Å². The third-order valence-electron chi connectivity index (χ3n) is 6.72. The highest BCUT2D eigenvalue weighted by Crippen LogP contribution is 2.59. The lowest BCUT2D eigenvalue weighted by Gasteiger charge is -2.50. The number of hydrogen-bond donors (Lipinski definition) is 0. The van der Waals surface area contributed by atoms with Gasteiger partial charge in [-0.1, -0.05) is 31.1 Å². The first-order chi connectivity index (χ1) is 11.7. The van der Waals surface area contributed by atoms with Crippen molar-refractivity contribution in [1.29, 1.82) is 0 Å². The van der Waals surface area contributed by atoms with Crippen molar-refractivity contribution >= 4 is 0 Å². The molecule has 2 heteroatoms. The molecule has 0 aromatic heterocycles. The molecule has 0 unspecified atom stereocenters. The van der Waals surface area contributed by atoms with Crippen molar-refractivity contribution in [2.45, 2.75) is 44.6 Å². The van der Waals surface area contributed by atoms with Gasteiger partial charge >= 0.3 is 0 Å². The molecule has 0 bridgehead atoms. The van der Waals surface area contributed by atoms with E-state index < -0.39 is 0 Å². The summed E-state index contributed by atoms with van der Waals surface area (Å²) >= 11 is 0. The van der Waals surface area contributed by atoms with E-state index in [1.807, 2.05) is 0 Å². The third kappa shape index (κ3) is 2.30. The van der Waals surface area contributed by atoms with Crippen LogP contribution in [0.4, 0.5) is 0 Å². The summed E-state index contributed by atoms with van der Waals surface area (Å²) in [6, 6.07) is 6.67. The highest BCUT2D eigenvalue weighted by molar-refractivity contribution is 5.41. The maximum Gasteiger partial charge on any atom is 0.119 e. The second-order valence-electron chi connectivity index (χ2n) is 7.76. The molecule has 3 aliphatic rings. The second-order valence-corrected chi connectivity index (χ2v) is 7.76. The summed E-state index contributed by atoms with van der Waals surface area (Å²) in [5.41, 5.74) is 3.25. The number of fused-ring (bicyclic) bond motifs is 5. The number of methoxy groups -OCH3 is 1. The van der Waals surface area contributed by atoms with E-state index in [2.05, 4.69) is 43.2 Å². The van der Waals surface area contributed by atoms with Gasteiger partial charge < -0.3 is 9.47 Å². The lowest BCUT2D eigenvalue weighted by Crippen LogP contribution is -2.45. The summed E-state index contributed by atoms with van der Waals surface area (Å²) in [6.45, 7) is 2.81. The van der Waals surface area contributed by atoms with Crippen LogP contribution in [0.3, 0.4) is 0 Å². The Morgan fingerprint density at radius 3 is 2.96 bits per heavy atom. The van der Waals surface area contributed by atoms with Crippen molar-refractivity contribution in [1.82, 2.24) is 0 Å². The van der Waals surface area contributed by atoms with Crippen LogP contribution in [0.1, 0.15) is 43.2 Å². The molecule has 0 saturated heterocycles. The Bertz CT molecular complexity index is 698. The molecule has 1 aromatic carbocycles. The average molecular weight is 322 g/mol. The van der Waals surface area contributed by atoms with E-state index in [9.17, 15) is 0 Å². The van der Waals surface area contributed by atoms with Crippen LogP contribution in [0.15, 0.2) is 30.4 Å². The molecule has 126 valence electrons. The Morgan fingerprint density at radius 1 is 1.29 bits per heavy atom. The molecule has 5 atom stereocenters. The van der Waals surface area contributed by atoms with Crippen molar-refractivity contribution in [3.05, 3.63) is 41.5 Å². The SMILES string of the molecule is C#CCO[C@H]1C=C[C@H]2[C@@H]3CCc4cc(OC)ccc4[C@H]3CC[C@]12C. The van der Waals surface area contributed by atoms with Crippen LogP contribution >= 0.6 is 0 Å². The van der Waals surface area contributed by atoms with Gasteiger partial charge in [-0.3, -0.25) is 0 Å². The Morgan fingerprint density at radius 2 is 2.17 bits per heavy atom. The molecular weight excluding hydrogens is 296 g/mol. The molecular formula is C22H26O2. The maximum atomic E-state index is 5.96. The molecule has 0 spiro atoms. The largest absolute Gasteiger partial charge is 0.497 e. The van der Waals surface area contributed by atoms with Crippen molar-refractivity contribution in [2.75, 3.05) is 13.7 Å². The molecule has 1 aromatic rings. The first-order valence-corrected chi connectivity index (χ1v) is 9.07. The van der Waals surface area contributed by atoms with Gasteiger partial charge in [0, 0.05) is 5.41 Å². The van der Waals surface area contributed by atoms with Crippen LogP contribution in [0, 0.1) is 29.6 Å². The number of benzene rings is 1. The Balaban J connectivity index is 1.61. The molecule has 3 aliphatic carbocycles. The van der Waals surface area contributed by atoms with Gasteiger partial charge in [-0.25, -0.2) is 0 Å². The van der Waals surface area contributed by atoms with Gasteiger partial charge in [0.2, 0.25) is 0 Å². The van der Waals surface area contributed by atoms with Gasteiger partial charge in [0.25, 0.3) is 0 Å². The first kappa shape index (κ1) is 15.8. The maximum absolute atomic E-state index is 5.96. The minimum absolute atomic E-state index is 0.178. The molecule has 0 amide bonds. The number of ether oxygens (including phenoxy) is 2. The van der Waals surface area contributed by atoms with Crippen molar-refractivity contribution in [2.24, 2.45) is 17.3 Å². The number of rotatable bonds is 3. The summed E-state index contributed by atoms with van der Waals surface area (Å²) in [5.74, 6) is 5.61. The van der Waals surface area contributed by atoms with E-state index >= 15 is 0 Å². The molecule has 0 radical (unpaired) electrons. The highest BCUT2D eigenvalue weighted by atomic mass is 16.5. The molecule has 0 aliphatic heterocycles. The fourth-order valence-corrected chi connectivity index (χ4v) is 5.48. The predicted octanol–water partition coefficient (Wildman–Crippen LogP) is 4.35. The number of hydrogen-bond acceptors (Lipinski definition) is 2. The van der Waals surface area contributed by atoms with Gasteiger partial charge in [-0.2, -0.15) is 0 Å². The average Bonchev–Trinajstić information content (AvgIpc) is 2.95. The number of terminal acetylenes is 1. The fourth-order valence-electron chi connectivity index (χ4n) is 5.48. The van der Waals surface area contributed by atoms with Crippen LogP contribution in [-0.4, -0.2) is 19.8 Å². The minimum atomic E-state index is 0.178. The number of allylic oxidation sites excluding steroid dienone is 1. The van der Waals surface area contributed by atoms with E-state index in [0.29, 0.717) is 18.4 Å². The zero-order valence-electron chi connectivity index (χ0n) is 14.6. The monoisotopic (exact) mass is 322 g/mol. The molecule has 0 heterocycles. The van der Waals surface area contributed by atoms with Gasteiger partial charge in [0.1, 0.15) is 12.4 Å². The molecule has 0 N–H and O–H groups in total. The van der Waals surface area contributed by atoms with E-state index in [1.165, 1.54) is 24.8 Å². The van der Waals surface area contributed by atoms with E-state index in [0.717, 1.165) is 18.1 Å². The van der Waals surface area contributed by atoms with E-state index in [-0.39, 0.29) is 11.5 Å². The quantitative estimate of drug-likeness (QED) is 0.608. The highest BCUT2D eigenvalue weighted by Gasteiger charge is 2.53. The first-order valence-electron chi connectivity index (χ1n) is 9.07. The third-order valence-corrected chi connectivity index (χ3v) is 6.72. The van der Waals surface area contributed by atoms with Gasteiger partial charge in [0.05, 0.1) is 13.2 Å². The zero-order valence-corrected chi connectivity index (χ0v) is 14.6. The number of aryl methyl sites for hydroxylation is 1. The molecule has 2 nitrogen and oxygen atoms in total. The smallest absolute Gasteiger partial charge is 0.119 e. The van der Waals surface area contributed by atoms with Crippen molar-refractivity contribution in [3.63, 3.8) is 0 Å².